The van der Waals surface area contributed by atoms with Crippen LogP contribution in [0.25, 0.3) is 11.0 Å². The Balaban J connectivity index is 1.34. The van der Waals surface area contributed by atoms with E-state index in [1.807, 2.05) is 36.7 Å². The Labute approximate surface area is 224 Å². The number of nitrogens with one attached hydrogen (secondary N) is 1. The lowest BCUT2D eigenvalue weighted by Crippen LogP contribution is -2.29. The van der Waals surface area contributed by atoms with Gasteiger partial charge < -0.3 is 23.5 Å². The molecule has 3 aliphatic rings. The van der Waals surface area contributed by atoms with Gasteiger partial charge in [-0.1, -0.05) is 17.7 Å². The molecule has 1 N–H and O–H groups in total. The average molecular weight is 541 g/mol. The molecule has 0 radical (unpaired) electrons. The molecule has 10 nitrogen and oxygen atoms in total. The summed E-state index contributed by atoms with van der Waals surface area (Å²) in [5, 5.41) is 3.88. The second kappa shape index (κ2) is 8.65. The van der Waals surface area contributed by atoms with Crippen LogP contribution in [0.1, 0.15) is 69.1 Å². The highest BCUT2D eigenvalue weighted by atomic mass is 35.5. The molecule has 11 heteroatoms. The summed E-state index contributed by atoms with van der Waals surface area (Å²) in [5.41, 5.74) is 1.29. The molecule has 2 fully saturated rings. The molecule has 0 spiro atoms. The summed E-state index contributed by atoms with van der Waals surface area (Å²) in [5.74, 6) is -0.993. The molecule has 1 saturated heterocycles. The van der Waals surface area contributed by atoms with E-state index < -0.39 is 23.6 Å². The Morgan fingerprint density at radius 3 is 2.71 bits per heavy atom. The maximum absolute atomic E-state index is 12.7. The van der Waals surface area contributed by atoms with Gasteiger partial charge in [0, 0.05) is 22.7 Å². The summed E-state index contributed by atoms with van der Waals surface area (Å²) in [6.07, 6.45) is 2.24. The van der Waals surface area contributed by atoms with Crippen molar-refractivity contribution < 1.29 is 28.5 Å². The minimum Gasteiger partial charge on any atom is -0.453 e. The number of fused-ring (bicyclic) bond motifs is 3. The van der Waals surface area contributed by atoms with E-state index in [0.717, 1.165) is 5.56 Å². The van der Waals surface area contributed by atoms with E-state index in [0.29, 0.717) is 33.9 Å². The van der Waals surface area contributed by atoms with Crippen molar-refractivity contribution >= 4 is 40.5 Å². The third-order valence-corrected chi connectivity index (χ3v) is 7.36. The fraction of sp³-hybridized carbons (Fsp3) is 0.481. The number of cyclic esters (lactones) is 1. The van der Waals surface area contributed by atoms with Crippen LogP contribution in [-0.2, 0) is 18.9 Å². The summed E-state index contributed by atoms with van der Waals surface area (Å²) in [6, 6.07) is 6.96. The Bertz CT molecular complexity index is 1450. The molecule has 1 aromatic carbocycles. The van der Waals surface area contributed by atoms with Crippen LogP contribution in [0.5, 0.6) is 0 Å². The lowest BCUT2D eigenvalue weighted by atomic mass is 9.91. The number of hydrogen-bond acceptors (Lipinski definition) is 8. The van der Waals surface area contributed by atoms with Crippen molar-refractivity contribution in [1.29, 1.82) is 0 Å². The molecule has 1 saturated carbocycles. The number of nitrogens with zero attached hydrogens (tertiary/aromatic N) is 3. The Hall–Kier alpha value is -3.21. The molecule has 2 aromatic heterocycles. The number of rotatable bonds is 3. The quantitative estimate of drug-likeness (QED) is 0.438. The van der Waals surface area contributed by atoms with Gasteiger partial charge in [0.1, 0.15) is 35.6 Å². The van der Waals surface area contributed by atoms with E-state index in [4.69, 9.17) is 30.5 Å². The number of esters is 1. The molecule has 6 rings (SSSR count). The fourth-order valence-corrected chi connectivity index (χ4v) is 5.98. The highest BCUT2D eigenvalue weighted by Crippen LogP contribution is 2.54. The number of hydrogen-bond donors (Lipinski definition) is 1. The zero-order valence-corrected chi connectivity index (χ0v) is 22.5. The van der Waals surface area contributed by atoms with Crippen molar-refractivity contribution in [3.05, 3.63) is 52.9 Å². The molecule has 5 atom stereocenters. The van der Waals surface area contributed by atoms with Gasteiger partial charge in [-0.3, -0.25) is 5.32 Å². The lowest BCUT2D eigenvalue weighted by Gasteiger charge is -2.26. The van der Waals surface area contributed by atoms with Crippen molar-refractivity contribution in [2.75, 3.05) is 5.32 Å². The first-order valence-corrected chi connectivity index (χ1v) is 13.0. The van der Waals surface area contributed by atoms with E-state index in [2.05, 4.69) is 15.3 Å². The van der Waals surface area contributed by atoms with Crippen LogP contribution < -0.4 is 5.32 Å². The molecule has 4 heterocycles. The second-order valence-electron chi connectivity index (χ2n) is 11.4. The van der Waals surface area contributed by atoms with E-state index >= 15 is 0 Å². The van der Waals surface area contributed by atoms with E-state index in [-0.39, 0.29) is 30.1 Å². The lowest BCUT2D eigenvalue weighted by molar-refractivity contribution is -0.164. The molecular weight excluding hydrogens is 512 g/mol. The maximum Gasteiger partial charge on any atom is 0.413 e. The second-order valence-corrected chi connectivity index (χ2v) is 11.8. The fourth-order valence-electron chi connectivity index (χ4n) is 5.81. The van der Waals surface area contributed by atoms with Crippen LogP contribution in [0.15, 0.2) is 36.8 Å². The SMILES string of the molecule is CC(C)(C)OC(=O)Nc1ncnc2c1ccn2[C@@H]1C[C@H]([C@H]2OC(=O)c3cc(Cl)ccc32)[C@H]2OC(C)(C)O[C@H]21. The highest BCUT2D eigenvalue weighted by molar-refractivity contribution is 6.31. The summed E-state index contributed by atoms with van der Waals surface area (Å²) in [6.45, 7) is 9.15. The van der Waals surface area contributed by atoms with E-state index in [9.17, 15) is 9.59 Å². The first kappa shape index (κ1) is 25.1. The van der Waals surface area contributed by atoms with Crippen LogP contribution in [0, 0.1) is 5.92 Å². The van der Waals surface area contributed by atoms with Crippen LogP contribution in [0.2, 0.25) is 5.02 Å². The number of aromatic nitrogens is 3. The molecule has 1 amide bonds. The van der Waals surface area contributed by atoms with Crippen molar-refractivity contribution in [3.63, 3.8) is 0 Å². The van der Waals surface area contributed by atoms with Crippen molar-refractivity contribution in [3.8, 4) is 0 Å². The number of halogens is 1. The van der Waals surface area contributed by atoms with Gasteiger partial charge >= 0.3 is 12.1 Å². The summed E-state index contributed by atoms with van der Waals surface area (Å²) < 4.78 is 26.1. The number of amides is 1. The smallest absolute Gasteiger partial charge is 0.413 e. The van der Waals surface area contributed by atoms with Crippen molar-refractivity contribution in [1.82, 2.24) is 14.5 Å². The normalized spacial score (nSPS) is 27.7. The number of carbonyl (C=O) groups is 2. The van der Waals surface area contributed by atoms with E-state index in [1.54, 1.807) is 32.9 Å². The number of benzene rings is 1. The Kier molecular flexibility index (Phi) is 5.71. The highest BCUT2D eigenvalue weighted by Gasteiger charge is 2.58. The third kappa shape index (κ3) is 4.30. The molecule has 1 aliphatic carbocycles. The van der Waals surface area contributed by atoms with Gasteiger partial charge in [0.2, 0.25) is 0 Å². The van der Waals surface area contributed by atoms with Crippen molar-refractivity contribution in [2.45, 2.75) is 76.8 Å². The predicted molar refractivity (Wildman–Crippen MR) is 138 cm³/mol. The Morgan fingerprint density at radius 1 is 1.18 bits per heavy atom. The summed E-state index contributed by atoms with van der Waals surface area (Å²) >= 11 is 6.14. The zero-order chi connectivity index (χ0) is 27.0. The zero-order valence-electron chi connectivity index (χ0n) is 21.7. The summed E-state index contributed by atoms with van der Waals surface area (Å²) in [7, 11) is 0. The standard InChI is InChI=1S/C27H29ClN4O6/c1-26(2,3)38-25(34)31-22-15-8-9-32(23(15)30-12-29-22)18-11-17(20-21(18)37-27(4,5)36-20)19-14-7-6-13(28)10-16(14)24(33)35-19/h6-10,12,17-21H,11H2,1-5H3,(H,29,30,31,34)/t17-,18-,19+,20-,21+/m1/s1. The monoisotopic (exact) mass is 540 g/mol. The largest absolute Gasteiger partial charge is 0.453 e. The predicted octanol–water partition coefficient (Wildman–Crippen LogP) is 5.42. The molecule has 0 unspecified atom stereocenters. The molecule has 38 heavy (non-hydrogen) atoms. The van der Waals surface area contributed by atoms with Gasteiger partial charge in [0.25, 0.3) is 0 Å². The van der Waals surface area contributed by atoms with Gasteiger partial charge in [-0.2, -0.15) is 0 Å². The molecule has 2 aliphatic heterocycles. The van der Waals surface area contributed by atoms with Crippen LogP contribution in [0.3, 0.4) is 0 Å². The Morgan fingerprint density at radius 2 is 1.95 bits per heavy atom. The average Bonchev–Trinajstić information content (AvgIpc) is 3.53. The van der Waals surface area contributed by atoms with Crippen molar-refractivity contribution in [2.24, 2.45) is 5.92 Å². The molecule has 0 bridgehead atoms. The van der Waals surface area contributed by atoms with Crippen LogP contribution >= 0.6 is 11.6 Å². The minimum absolute atomic E-state index is 0.156. The molecule has 3 aromatic rings. The van der Waals surface area contributed by atoms with Gasteiger partial charge in [-0.25, -0.2) is 19.6 Å². The maximum atomic E-state index is 12.7. The topological polar surface area (TPSA) is 114 Å². The van der Waals surface area contributed by atoms with Crippen LogP contribution in [0.4, 0.5) is 10.6 Å². The van der Waals surface area contributed by atoms with Crippen LogP contribution in [-0.4, -0.2) is 50.2 Å². The minimum atomic E-state index is -0.806. The van der Waals surface area contributed by atoms with Gasteiger partial charge in [0.05, 0.1) is 23.1 Å². The third-order valence-electron chi connectivity index (χ3n) is 7.13. The first-order valence-electron chi connectivity index (χ1n) is 12.6. The van der Waals surface area contributed by atoms with Gasteiger partial charge in [-0.15, -0.1) is 0 Å². The number of carbonyl (C=O) groups excluding carboxylic acids is 2. The van der Waals surface area contributed by atoms with E-state index in [1.165, 1.54) is 6.33 Å². The summed E-state index contributed by atoms with van der Waals surface area (Å²) in [4.78, 5) is 33.9. The first-order chi connectivity index (χ1) is 17.9. The molecule has 200 valence electrons. The number of anilines is 1. The molecular formula is C27H29ClN4O6. The van der Waals surface area contributed by atoms with Gasteiger partial charge in [-0.05, 0) is 59.2 Å². The number of ether oxygens (including phenoxy) is 4. The van der Waals surface area contributed by atoms with Gasteiger partial charge in [0.15, 0.2) is 5.79 Å².